The third kappa shape index (κ3) is 21.4. The second kappa shape index (κ2) is 36.2. The van der Waals surface area contributed by atoms with Gasteiger partial charge in [0.2, 0.25) is 17.6 Å². The van der Waals surface area contributed by atoms with E-state index >= 15 is 0 Å². The second-order valence-corrected chi connectivity index (χ2v) is 26.2. The number of ketones is 2. The minimum absolute atomic E-state index is 0.00209. The average molecular weight is 1260 g/mol. The highest BCUT2D eigenvalue weighted by Gasteiger charge is 2.53. The second-order valence-electron chi connectivity index (χ2n) is 26.2. The quantitative estimate of drug-likeness (QED) is 0.0556. The molecule has 16 atom stereocenters. The van der Waals surface area contributed by atoms with Gasteiger partial charge < -0.3 is 68.5 Å². The predicted molar refractivity (Wildman–Crippen MR) is 338 cm³/mol. The number of Topliss-reactive ketones (excluding diaryl/α,β-unsaturated/α-hetero) is 2. The van der Waals surface area contributed by atoms with Gasteiger partial charge in [-0.05, 0) is 120 Å². The number of ether oxygens (including phenoxy) is 7. The summed E-state index contributed by atoms with van der Waals surface area (Å²) < 4.78 is 41.8. The zero-order valence-electron chi connectivity index (χ0n) is 55.4. The van der Waals surface area contributed by atoms with Gasteiger partial charge in [0.15, 0.2) is 5.78 Å². The van der Waals surface area contributed by atoms with Gasteiger partial charge in [0.1, 0.15) is 30.5 Å². The molecule has 5 heterocycles. The van der Waals surface area contributed by atoms with Gasteiger partial charge >= 0.3 is 11.9 Å². The predicted octanol–water partition coefficient (Wildman–Crippen LogP) is 6.57. The van der Waals surface area contributed by atoms with Gasteiger partial charge in [-0.1, -0.05) is 71.1 Å². The van der Waals surface area contributed by atoms with E-state index in [0.717, 1.165) is 37.3 Å². The van der Waals surface area contributed by atoms with Gasteiger partial charge in [-0.2, -0.15) is 0 Å². The smallest absolute Gasteiger partial charge is 0.329 e. The molecular formula is C68H106N6O16. The lowest BCUT2D eigenvalue weighted by Crippen LogP contribution is -2.61. The number of hydrogen-bond acceptors (Lipinski definition) is 20. The van der Waals surface area contributed by atoms with E-state index in [1.54, 1.807) is 53.5 Å². The van der Waals surface area contributed by atoms with Crippen molar-refractivity contribution in [3.05, 3.63) is 65.6 Å². The summed E-state index contributed by atoms with van der Waals surface area (Å²) in [4.78, 5) is 97.8. The van der Waals surface area contributed by atoms with Crippen molar-refractivity contribution in [1.29, 1.82) is 0 Å². The third-order valence-corrected chi connectivity index (χ3v) is 19.0. The zero-order chi connectivity index (χ0) is 65.7. The van der Waals surface area contributed by atoms with Crippen LogP contribution in [0.2, 0.25) is 0 Å². The molecule has 5 aliphatic rings. The lowest BCUT2D eigenvalue weighted by Gasteiger charge is -2.43. The van der Waals surface area contributed by atoms with Crippen LogP contribution < -0.4 is 10.2 Å². The summed E-state index contributed by atoms with van der Waals surface area (Å²) in [7, 11) is 6.63. The summed E-state index contributed by atoms with van der Waals surface area (Å²) in [5, 5.41) is 38.6. The van der Waals surface area contributed by atoms with E-state index in [0.29, 0.717) is 88.7 Å². The molecule has 0 unspecified atom stereocenters. The largest absolute Gasteiger partial charge is 0.460 e. The van der Waals surface area contributed by atoms with Crippen molar-refractivity contribution < 1.29 is 77.2 Å². The van der Waals surface area contributed by atoms with Gasteiger partial charge in [-0.15, -0.1) is 0 Å². The van der Waals surface area contributed by atoms with Crippen LogP contribution in [0, 0.1) is 35.5 Å². The van der Waals surface area contributed by atoms with Crippen molar-refractivity contribution in [2.45, 2.75) is 212 Å². The van der Waals surface area contributed by atoms with Crippen molar-refractivity contribution in [2.75, 3.05) is 79.2 Å². The number of amides is 2. The number of aromatic nitrogens is 2. The molecule has 504 valence electrons. The Morgan fingerprint density at radius 1 is 0.811 bits per heavy atom. The maximum Gasteiger partial charge on any atom is 0.329 e. The highest BCUT2D eigenvalue weighted by atomic mass is 16.6. The first kappa shape index (κ1) is 73.7. The number of allylic oxidation sites excluding steroid dienone is 5. The average Bonchev–Trinajstić information content (AvgIpc) is 1.09. The molecule has 4 fully saturated rings. The third-order valence-electron chi connectivity index (χ3n) is 19.0. The number of hydrogen-bond donors (Lipinski definition) is 4. The number of piperazine rings is 1. The minimum atomic E-state index is -2.46. The molecule has 22 nitrogen and oxygen atoms in total. The molecule has 1 aromatic heterocycles. The number of nitrogens with one attached hydrogen (secondary N) is 1. The lowest BCUT2D eigenvalue weighted by atomic mass is 9.78. The summed E-state index contributed by atoms with van der Waals surface area (Å²) in [5.41, 5.74) is 2.08. The summed E-state index contributed by atoms with van der Waals surface area (Å²) in [6.45, 7) is 17.3. The first-order valence-electron chi connectivity index (χ1n) is 32.9. The van der Waals surface area contributed by atoms with Crippen molar-refractivity contribution in [3.8, 4) is 0 Å². The van der Waals surface area contributed by atoms with Crippen LogP contribution in [0.25, 0.3) is 0 Å². The van der Waals surface area contributed by atoms with Gasteiger partial charge in [-0.25, -0.2) is 14.8 Å². The van der Waals surface area contributed by atoms with Crippen LogP contribution in [0.15, 0.2) is 60.0 Å². The number of carbonyl (C=O) groups excluding carboxylic acids is 6. The summed E-state index contributed by atoms with van der Waals surface area (Å²) in [5.74, 6) is -7.67. The molecule has 90 heavy (non-hydrogen) atoms. The molecular weight excluding hydrogens is 1160 g/mol. The highest BCUT2D eigenvalue weighted by molar-refractivity contribution is 6.39. The number of carbonyl (C=O) groups is 6. The highest BCUT2D eigenvalue weighted by Crippen LogP contribution is 2.38. The van der Waals surface area contributed by atoms with Crippen LogP contribution in [0.4, 0.5) is 5.95 Å². The van der Waals surface area contributed by atoms with Gasteiger partial charge in [-0.3, -0.25) is 24.0 Å². The van der Waals surface area contributed by atoms with E-state index < -0.39 is 96.1 Å². The molecule has 2 amide bonds. The molecule has 1 aliphatic carbocycles. The van der Waals surface area contributed by atoms with Gasteiger partial charge in [0, 0.05) is 129 Å². The van der Waals surface area contributed by atoms with E-state index in [1.165, 1.54) is 12.0 Å². The Bertz CT molecular complexity index is 2610. The first-order valence-corrected chi connectivity index (χ1v) is 32.9. The number of fused-ring (bicyclic) bond motifs is 3. The Labute approximate surface area is 533 Å². The van der Waals surface area contributed by atoms with Crippen molar-refractivity contribution >= 4 is 41.3 Å². The maximum absolute atomic E-state index is 14.7. The molecule has 0 radical (unpaired) electrons. The molecule has 0 spiro atoms. The minimum Gasteiger partial charge on any atom is -0.460 e. The number of nitrogens with zero attached hydrogens (tertiary/aromatic N) is 5. The van der Waals surface area contributed by atoms with E-state index in [2.05, 4.69) is 32.1 Å². The van der Waals surface area contributed by atoms with Crippen LogP contribution in [0.5, 0.6) is 0 Å². The van der Waals surface area contributed by atoms with Crippen molar-refractivity contribution in [3.63, 3.8) is 0 Å². The molecule has 1 aromatic rings. The van der Waals surface area contributed by atoms with E-state index in [9.17, 15) is 44.1 Å². The summed E-state index contributed by atoms with van der Waals surface area (Å²) >= 11 is 0. The number of methoxy groups -OCH3 is 3. The molecule has 3 saturated heterocycles. The number of aliphatic hydroxyl groups is 3. The molecule has 1 saturated carbocycles. The van der Waals surface area contributed by atoms with Crippen LogP contribution >= 0.6 is 0 Å². The Balaban J connectivity index is 1.09. The number of piperidine rings is 1. The topological polar surface area (TPSA) is 275 Å². The number of anilines is 1. The molecule has 0 aromatic carbocycles. The fraction of sp³-hybridized carbons (Fsp3) is 0.735. The first-order chi connectivity index (χ1) is 43.0. The van der Waals surface area contributed by atoms with Crippen LogP contribution in [-0.2, 0) is 68.5 Å². The molecule has 6 rings (SSSR count). The number of rotatable bonds is 17. The van der Waals surface area contributed by atoms with E-state index in [-0.39, 0.29) is 80.9 Å². The van der Waals surface area contributed by atoms with E-state index in [1.807, 2.05) is 58.1 Å². The van der Waals surface area contributed by atoms with E-state index in [4.69, 9.17) is 33.2 Å². The molecule has 4 aliphatic heterocycles. The van der Waals surface area contributed by atoms with Gasteiger partial charge in [0.05, 0.1) is 31.0 Å². The number of esters is 2. The SMILES string of the molecule is CO[C@H]1C[C@@H]2CC[C@@H](C)[C@@](O)(O2)C(=O)C(=O)N2CCCC[C@H]2C(=O)O[C@H]([C@H](C)C[C@@H]2CC[C@@H](OC(=O)CCCOCCC(=O)NCc3cnc(N4CCN(C)CC4)nc3)[C@H](OC)C2)C[C@@H](O)[C@H](C)/C=C(\C)[C@@H](O)[C@@H](OC)C(=O)[C@H](C)C[C@H](C)/C=C/C=C/C=C/1C. The summed E-state index contributed by atoms with van der Waals surface area (Å²) in [6, 6.07) is -1.17. The maximum atomic E-state index is 14.7. The van der Waals surface area contributed by atoms with Crippen LogP contribution in [-0.4, -0.2) is 205 Å². The Kier molecular flexibility index (Phi) is 29.7. The summed E-state index contributed by atoms with van der Waals surface area (Å²) in [6.07, 6.45) is 14.1. The van der Waals surface area contributed by atoms with Crippen LogP contribution in [0.3, 0.4) is 0 Å². The number of likely N-dealkylation sites (N-methyl/N-ethyl adjacent to an activating group) is 1. The zero-order valence-corrected chi connectivity index (χ0v) is 55.4. The van der Waals surface area contributed by atoms with Crippen molar-refractivity contribution in [1.82, 2.24) is 25.1 Å². The lowest BCUT2D eigenvalue weighted by molar-refractivity contribution is -0.265. The standard InChI is InChI=1S/C68H106N6O16/c1-43-18-13-12-14-19-44(2)56(84-9)38-52-24-22-49(7)68(83,90-52)64(80)65(81)74-27-16-15-20-53(74)66(82)89-57(39-54(75)45(3)35-48(6)62(79)63(86-11)61(78)47(5)34-43)46(4)36-50-23-25-55(58(37-50)85-10)88-60(77)21-17-32-87-33-26-59(76)69-40-51-41-70-67(71-42-51)73-30-28-72(8)29-31-73/h12-14,18-19,35,41-43,45-47,49-50,52-58,62-63,75,79,83H,15-17,20-34,36-40H2,1-11H3,(H,69,76)/b14-12+,18-13+,44-19+,48-35+/t43-,45-,46-,47-,49-,50+,52+,53+,54-,55-,56+,57+,58-,62-,63+,68-/m1/s1. The van der Waals surface area contributed by atoms with Crippen molar-refractivity contribution in [2.24, 2.45) is 35.5 Å². The monoisotopic (exact) mass is 1260 g/mol. The Hall–Kier alpha value is -5.30. The van der Waals surface area contributed by atoms with Gasteiger partial charge in [0.25, 0.3) is 11.7 Å². The molecule has 2 bridgehead atoms. The fourth-order valence-electron chi connectivity index (χ4n) is 13.1. The Morgan fingerprint density at radius 2 is 1.54 bits per heavy atom. The number of aliphatic hydroxyl groups excluding tert-OH is 2. The number of cyclic esters (lactones) is 1. The van der Waals surface area contributed by atoms with Crippen LogP contribution in [0.1, 0.15) is 150 Å². The fourth-order valence-corrected chi connectivity index (χ4v) is 13.1. The normalized spacial score (nSPS) is 34.4. The Morgan fingerprint density at radius 3 is 2.24 bits per heavy atom. The molecule has 4 N–H and O–H groups in total. The molecule has 22 heteroatoms.